The van der Waals surface area contributed by atoms with Crippen molar-refractivity contribution in [2.75, 3.05) is 11.1 Å². The molecule has 0 aliphatic rings. The minimum absolute atomic E-state index is 0.428. The lowest BCUT2D eigenvalue weighted by Gasteiger charge is -2.01. The second kappa shape index (κ2) is 4.18. The summed E-state index contributed by atoms with van der Waals surface area (Å²) in [5, 5.41) is 2.98. The molecule has 0 radical (unpaired) electrons. The highest BCUT2D eigenvalue weighted by Gasteiger charge is 2.05. The predicted molar refractivity (Wildman–Crippen MR) is 59.7 cm³/mol. The van der Waals surface area contributed by atoms with E-state index in [2.05, 4.69) is 20.3 Å². The molecule has 0 amide bonds. The lowest BCUT2D eigenvalue weighted by molar-refractivity contribution is 0.478. The molecule has 6 heteroatoms. The molecule has 2 aromatic rings. The van der Waals surface area contributed by atoms with Gasteiger partial charge in [0.25, 0.3) is 0 Å². The van der Waals surface area contributed by atoms with Gasteiger partial charge in [0.15, 0.2) is 0 Å². The van der Waals surface area contributed by atoms with E-state index in [9.17, 15) is 0 Å². The first-order valence-electron chi connectivity index (χ1n) is 4.90. The number of aromatic nitrogens is 3. The number of aryl methyl sites for hydroxylation is 2. The zero-order chi connectivity index (χ0) is 11.5. The molecule has 0 fully saturated rings. The Bertz CT molecular complexity index is 474. The van der Waals surface area contributed by atoms with Gasteiger partial charge < -0.3 is 15.5 Å². The number of oxazole rings is 1. The molecule has 2 rings (SSSR count). The van der Waals surface area contributed by atoms with Crippen LogP contribution in [0.15, 0.2) is 16.7 Å². The summed E-state index contributed by atoms with van der Waals surface area (Å²) in [5.74, 6) is 2.33. The molecule has 84 valence electrons. The van der Waals surface area contributed by atoms with Gasteiger partial charge in [-0.15, -0.1) is 0 Å². The van der Waals surface area contributed by atoms with Crippen molar-refractivity contribution in [1.82, 2.24) is 15.0 Å². The minimum atomic E-state index is 0.428. The van der Waals surface area contributed by atoms with Crippen LogP contribution in [0.25, 0.3) is 0 Å². The van der Waals surface area contributed by atoms with Gasteiger partial charge in [0.1, 0.15) is 11.6 Å². The van der Waals surface area contributed by atoms with Gasteiger partial charge in [-0.2, -0.15) is 4.98 Å². The Morgan fingerprint density at radius 1 is 1.38 bits per heavy atom. The molecule has 0 bridgehead atoms. The molecular formula is C10H13N5O. The minimum Gasteiger partial charge on any atom is -0.444 e. The molecule has 0 atom stereocenters. The zero-order valence-electron chi connectivity index (χ0n) is 9.19. The smallest absolute Gasteiger partial charge is 0.225 e. The van der Waals surface area contributed by atoms with Crippen molar-refractivity contribution in [2.45, 2.75) is 20.4 Å². The zero-order valence-corrected chi connectivity index (χ0v) is 9.19. The molecule has 3 N–H and O–H groups in total. The number of rotatable bonds is 3. The predicted octanol–water partition coefficient (Wildman–Crippen LogP) is 1.28. The van der Waals surface area contributed by atoms with Crippen LogP contribution in [0.2, 0.25) is 0 Å². The van der Waals surface area contributed by atoms with Gasteiger partial charge in [-0.3, -0.25) is 0 Å². The Hall–Kier alpha value is -2.11. The molecule has 6 nitrogen and oxygen atoms in total. The first-order valence-corrected chi connectivity index (χ1v) is 4.90. The van der Waals surface area contributed by atoms with Crippen LogP contribution in [0.3, 0.4) is 0 Å². The molecule has 0 spiro atoms. The standard InChI is InChI=1S/C10H13N5O/c1-6-7(2)16-9(14-6)5-13-10-12-4-3-8(11)15-10/h3-4H,5H2,1-2H3,(H3,11,12,13,15). The van der Waals surface area contributed by atoms with Gasteiger partial charge in [0.05, 0.1) is 12.2 Å². The van der Waals surface area contributed by atoms with E-state index in [1.165, 1.54) is 0 Å². The second-order valence-corrected chi connectivity index (χ2v) is 3.41. The van der Waals surface area contributed by atoms with Crippen LogP contribution in [0, 0.1) is 13.8 Å². The van der Waals surface area contributed by atoms with E-state index < -0.39 is 0 Å². The van der Waals surface area contributed by atoms with Crippen LogP contribution in [0.5, 0.6) is 0 Å². The fraction of sp³-hybridized carbons (Fsp3) is 0.300. The van der Waals surface area contributed by atoms with Gasteiger partial charge >= 0.3 is 0 Å². The first kappa shape index (κ1) is 10.4. The maximum atomic E-state index is 5.53. The van der Waals surface area contributed by atoms with E-state index in [-0.39, 0.29) is 0 Å². The Labute approximate surface area is 92.9 Å². The van der Waals surface area contributed by atoms with Gasteiger partial charge in [0.2, 0.25) is 11.8 Å². The molecular weight excluding hydrogens is 206 g/mol. The summed E-state index contributed by atoms with van der Waals surface area (Å²) in [6.45, 7) is 4.22. The van der Waals surface area contributed by atoms with E-state index in [1.807, 2.05) is 13.8 Å². The van der Waals surface area contributed by atoms with Crippen LogP contribution < -0.4 is 11.1 Å². The number of hydrogen-bond acceptors (Lipinski definition) is 6. The molecule has 0 aromatic carbocycles. The summed E-state index contributed by atoms with van der Waals surface area (Å²) in [5.41, 5.74) is 6.42. The van der Waals surface area contributed by atoms with E-state index >= 15 is 0 Å². The van der Waals surface area contributed by atoms with E-state index in [0.29, 0.717) is 24.2 Å². The third kappa shape index (κ3) is 2.28. The topological polar surface area (TPSA) is 89.9 Å². The Morgan fingerprint density at radius 2 is 2.19 bits per heavy atom. The van der Waals surface area contributed by atoms with Gasteiger partial charge in [-0.25, -0.2) is 9.97 Å². The summed E-state index contributed by atoms with van der Waals surface area (Å²) in [6.07, 6.45) is 1.59. The highest BCUT2D eigenvalue weighted by molar-refractivity contribution is 5.34. The van der Waals surface area contributed by atoms with Crippen LogP contribution in [0.1, 0.15) is 17.3 Å². The molecule has 0 aliphatic heterocycles. The summed E-state index contributed by atoms with van der Waals surface area (Å²) in [7, 11) is 0. The van der Waals surface area contributed by atoms with Gasteiger partial charge in [0, 0.05) is 6.20 Å². The van der Waals surface area contributed by atoms with E-state index in [0.717, 1.165) is 11.5 Å². The van der Waals surface area contributed by atoms with Gasteiger partial charge in [-0.1, -0.05) is 0 Å². The SMILES string of the molecule is Cc1nc(CNc2nccc(N)n2)oc1C. The highest BCUT2D eigenvalue weighted by atomic mass is 16.4. The van der Waals surface area contributed by atoms with Crippen molar-refractivity contribution in [1.29, 1.82) is 0 Å². The summed E-state index contributed by atoms with van der Waals surface area (Å²) in [4.78, 5) is 12.2. The molecule has 0 saturated carbocycles. The van der Waals surface area contributed by atoms with E-state index in [1.54, 1.807) is 12.3 Å². The van der Waals surface area contributed by atoms with Crippen molar-refractivity contribution in [2.24, 2.45) is 0 Å². The van der Waals surface area contributed by atoms with Crippen molar-refractivity contribution in [3.8, 4) is 0 Å². The molecule has 0 aliphatic carbocycles. The van der Waals surface area contributed by atoms with Gasteiger partial charge in [-0.05, 0) is 19.9 Å². The molecule has 16 heavy (non-hydrogen) atoms. The number of nitrogens with one attached hydrogen (secondary N) is 1. The van der Waals surface area contributed by atoms with Crippen LogP contribution in [0.4, 0.5) is 11.8 Å². The normalized spacial score (nSPS) is 10.4. The van der Waals surface area contributed by atoms with Crippen molar-refractivity contribution in [3.63, 3.8) is 0 Å². The summed E-state index contributed by atoms with van der Waals surface area (Å²) < 4.78 is 5.41. The van der Waals surface area contributed by atoms with Crippen LogP contribution in [-0.4, -0.2) is 15.0 Å². The maximum absolute atomic E-state index is 5.53. The quantitative estimate of drug-likeness (QED) is 0.808. The third-order valence-corrected chi connectivity index (χ3v) is 2.15. The molecule has 0 unspecified atom stereocenters. The van der Waals surface area contributed by atoms with Crippen LogP contribution >= 0.6 is 0 Å². The van der Waals surface area contributed by atoms with E-state index in [4.69, 9.17) is 10.2 Å². The Kier molecular flexibility index (Phi) is 2.72. The fourth-order valence-electron chi connectivity index (χ4n) is 1.23. The molecule has 2 heterocycles. The first-order chi connectivity index (χ1) is 7.65. The molecule has 0 saturated heterocycles. The fourth-order valence-corrected chi connectivity index (χ4v) is 1.23. The number of anilines is 2. The second-order valence-electron chi connectivity index (χ2n) is 3.41. The lowest BCUT2D eigenvalue weighted by Crippen LogP contribution is -2.04. The summed E-state index contributed by atoms with van der Waals surface area (Å²) in [6, 6.07) is 1.63. The third-order valence-electron chi connectivity index (χ3n) is 2.15. The summed E-state index contributed by atoms with van der Waals surface area (Å²) >= 11 is 0. The van der Waals surface area contributed by atoms with Crippen molar-refractivity contribution in [3.05, 3.63) is 29.6 Å². The lowest BCUT2D eigenvalue weighted by atomic mass is 10.4. The average molecular weight is 219 g/mol. The number of nitrogens with two attached hydrogens (primary N) is 1. The largest absolute Gasteiger partial charge is 0.444 e. The number of nitrogen functional groups attached to an aromatic ring is 1. The van der Waals surface area contributed by atoms with Crippen LogP contribution in [-0.2, 0) is 6.54 Å². The van der Waals surface area contributed by atoms with Crippen molar-refractivity contribution >= 4 is 11.8 Å². The number of nitrogens with zero attached hydrogens (tertiary/aromatic N) is 3. The monoisotopic (exact) mass is 219 g/mol. The Balaban J connectivity index is 2.02. The maximum Gasteiger partial charge on any atom is 0.225 e. The van der Waals surface area contributed by atoms with Crippen molar-refractivity contribution < 1.29 is 4.42 Å². The molecule has 2 aromatic heterocycles. The average Bonchev–Trinajstić information content (AvgIpc) is 2.56. The highest BCUT2D eigenvalue weighted by Crippen LogP contribution is 2.09. The number of hydrogen-bond donors (Lipinski definition) is 2. The Morgan fingerprint density at radius 3 is 2.81 bits per heavy atom.